The molecule has 3 heteroatoms. The van der Waals surface area contributed by atoms with Gasteiger partial charge in [-0.25, -0.2) is 0 Å². The van der Waals surface area contributed by atoms with Crippen LogP contribution in [0.3, 0.4) is 0 Å². The van der Waals surface area contributed by atoms with Gasteiger partial charge in [-0.1, -0.05) is 13.8 Å². The molecule has 1 aromatic rings. The zero-order chi connectivity index (χ0) is 13.8. The van der Waals surface area contributed by atoms with E-state index in [1.54, 1.807) is 0 Å². The third-order valence-electron chi connectivity index (χ3n) is 3.12. The van der Waals surface area contributed by atoms with Gasteiger partial charge in [0.15, 0.2) is 0 Å². The Balaban J connectivity index is 2.54. The van der Waals surface area contributed by atoms with E-state index in [4.69, 9.17) is 4.74 Å². The Morgan fingerprint density at radius 3 is 2.17 bits per heavy atom. The number of hydrogen-bond acceptors (Lipinski definition) is 3. The zero-order valence-corrected chi connectivity index (χ0v) is 12.0. The molecular formula is C15H25NO2. The minimum Gasteiger partial charge on any atom is -0.491 e. The third-order valence-corrected chi connectivity index (χ3v) is 3.12. The van der Waals surface area contributed by atoms with Gasteiger partial charge in [0.1, 0.15) is 5.75 Å². The number of rotatable bonds is 6. The molecule has 0 heterocycles. The van der Waals surface area contributed by atoms with Gasteiger partial charge >= 0.3 is 0 Å². The maximum absolute atomic E-state index is 10.1. The van der Waals surface area contributed by atoms with Crippen molar-refractivity contribution in [1.29, 1.82) is 0 Å². The van der Waals surface area contributed by atoms with Gasteiger partial charge < -0.3 is 15.2 Å². The van der Waals surface area contributed by atoms with Crippen LogP contribution >= 0.6 is 0 Å². The van der Waals surface area contributed by atoms with Crippen LogP contribution in [0.15, 0.2) is 24.3 Å². The summed E-state index contributed by atoms with van der Waals surface area (Å²) in [5.41, 5.74) is 0.291. The highest BCUT2D eigenvalue weighted by Crippen LogP contribution is 2.20. The van der Waals surface area contributed by atoms with E-state index in [2.05, 4.69) is 5.32 Å². The van der Waals surface area contributed by atoms with E-state index in [9.17, 15) is 5.11 Å². The smallest absolute Gasteiger partial charge is 0.119 e. The van der Waals surface area contributed by atoms with Crippen LogP contribution in [0.2, 0.25) is 0 Å². The summed E-state index contributed by atoms with van der Waals surface area (Å²) in [5, 5.41) is 13.4. The van der Waals surface area contributed by atoms with Crippen molar-refractivity contribution in [2.45, 2.75) is 46.3 Å². The second kappa shape index (κ2) is 6.10. The highest BCUT2D eigenvalue weighted by molar-refractivity contribution is 5.46. The fraction of sp³-hybridized carbons (Fsp3) is 0.600. The summed E-state index contributed by atoms with van der Waals surface area (Å²) >= 11 is 0. The van der Waals surface area contributed by atoms with E-state index in [1.807, 2.05) is 58.9 Å². The van der Waals surface area contributed by atoms with Gasteiger partial charge in [0, 0.05) is 12.2 Å². The first kappa shape index (κ1) is 14.8. The average molecular weight is 251 g/mol. The van der Waals surface area contributed by atoms with E-state index in [0.29, 0.717) is 6.54 Å². The first-order valence-electron chi connectivity index (χ1n) is 6.54. The van der Waals surface area contributed by atoms with Crippen molar-refractivity contribution in [2.75, 3.05) is 11.9 Å². The molecule has 1 unspecified atom stereocenters. The zero-order valence-electron chi connectivity index (χ0n) is 12.0. The summed E-state index contributed by atoms with van der Waals surface area (Å²) in [5.74, 6) is 1.08. The molecule has 0 aliphatic carbocycles. The van der Waals surface area contributed by atoms with Crippen LogP contribution in [0.25, 0.3) is 0 Å². The minimum absolute atomic E-state index is 0.186. The van der Waals surface area contributed by atoms with Gasteiger partial charge in [-0.05, 0) is 51.0 Å². The molecule has 1 aromatic carbocycles. The lowest BCUT2D eigenvalue weighted by molar-refractivity contribution is 0.0266. The predicted octanol–water partition coefficient (Wildman–Crippen LogP) is 3.29. The molecule has 0 aliphatic heterocycles. The van der Waals surface area contributed by atoms with E-state index in [0.717, 1.165) is 11.4 Å². The van der Waals surface area contributed by atoms with Gasteiger partial charge in [0.2, 0.25) is 0 Å². The summed E-state index contributed by atoms with van der Waals surface area (Å²) in [7, 11) is 0. The molecule has 0 spiro atoms. The maximum Gasteiger partial charge on any atom is 0.119 e. The molecule has 0 fully saturated rings. The fourth-order valence-corrected chi connectivity index (χ4v) is 1.41. The van der Waals surface area contributed by atoms with Crippen LogP contribution in [0, 0.1) is 5.92 Å². The van der Waals surface area contributed by atoms with Crippen LogP contribution in [-0.2, 0) is 0 Å². The number of aliphatic hydroxyl groups is 1. The van der Waals surface area contributed by atoms with Crippen molar-refractivity contribution in [1.82, 2.24) is 0 Å². The van der Waals surface area contributed by atoms with Crippen LogP contribution < -0.4 is 10.1 Å². The van der Waals surface area contributed by atoms with Crippen molar-refractivity contribution in [3.05, 3.63) is 24.3 Å². The Morgan fingerprint density at radius 2 is 1.72 bits per heavy atom. The average Bonchev–Trinajstić information content (AvgIpc) is 2.27. The molecule has 0 saturated heterocycles. The van der Waals surface area contributed by atoms with Crippen LogP contribution in [-0.4, -0.2) is 23.4 Å². The molecule has 18 heavy (non-hydrogen) atoms. The maximum atomic E-state index is 10.1. The molecule has 0 amide bonds. The van der Waals surface area contributed by atoms with E-state index in [1.165, 1.54) is 0 Å². The van der Waals surface area contributed by atoms with Crippen LogP contribution in [0.5, 0.6) is 5.75 Å². The second-order valence-electron chi connectivity index (χ2n) is 5.56. The SMILES string of the molecule is CC(C)Oc1ccc(NCC(C)(O)C(C)C)cc1. The first-order chi connectivity index (χ1) is 8.31. The fourth-order valence-electron chi connectivity index (χ4n) is 1.41. The molecule has 102 valence electrons. The molecule has 0 aliphatic rings. The van der Waals surface area contributed by atoms with Crippen molar-refractivity contribution in [3.8, 4) is 5.75 Å². The van der Waals surface area contributed by atoms with Crippen LogP contribution in [0.4, 0.5) is 5.69 Å². The van der Waals surface area contributed by atoms with E-state index in [-0.39, 0.29) is 12.0 Å². The molecule has 0 aromatic heterocycles. The van der Waals surface area contributed by atoms with E-state index >= 15 is 0 Å². The summed E-state index contributed by atoms with van der Waals surface area (Å²) in [6.45, 7) is 10.4. The summed E-state index contributed by atoms with van der Waals surface area (Å²) in [6, 6.07) is 7.81. The van der Waals surface area contributed by atoms with Crippen molar-refractivity contribution in [2.24, 2.45) is 5.92 Å². The summed E-state index contributed by atoms with van der Waals surface area (Å²) in [6.07, 6.45) is 0.186. The Hall–Kier alpha value is -1.22. The second-order valence-corrected chi connectivity index (χ2v) is 5.56. The van der Waals surface area contributed by atoms with Gasteiger partial charge in [-0.2, -0.15) is 0 Å². The van der Waals surface area contributed by atoms with Crippen molar-refractivity contribution < 1.29 is 9.84 Å². The molecule has 1 atom stereocenters. The first-order valence-corrected chi connectivity index (χ1v) is 6.54. The molecular weight excluding hydrogens is 226 g/mol. The normalized spacial score (nSPS) is 14.7. The van der Waals surface area contributed by atoms with Gasteiger partial charge in [0.25, 0.3) is 0 Å². The topological polar surface area (TPSA) is 41.5 Å². The Labute approximate surface area is 110 Å². The Bertz CT molecular complexity index is 355. The molecule has 1 rings (SSSR count). The number of hydrogen-bond donors (Lipinski definition) is 2. The van der Waals surface area contributed by atoms with Gasteiger partial charge in [-0.3, -0.25) is 0 Å². The Morgan fingerprint density at radius 1 is 1.17 bits per heavy atom. The minimum atomic E-state index is -0.701. The monoisotopic (exact) mass is 251 g/mol. The van der Waals surface area contributed by atoms with Crippen molar-refractivity contribution >= 4 is 5.69 Å². The Kier molecular flexibility index (Phi) is 5.03. The molecule has 3 nitrogen and oxygen atoms in total. The largest absolute Gasteiger partial charge is 0.491 e. The van der Waals surface area contributed by atoms with Crippen molar-refractivity contribution in [3.63, 3.8) is 0 Å². The molecule has 2 N–H and O–H groups in total. The lowest BCUT2D eigenvalue weighted by Crippen LogP contribution is -2.38. The lowest BCUT2D eigenvalue weighted by atomic mass is 9.92. The number of nitrogens with one attached hydrogen (secondary N) is 1. The predicted molar refractivity (Wildman–Crippen MR) is 76.2 cm³/mol. The van der Waals surface area contributed by atoms with Crippen LogP contribution in [0.1, 0.15) is 34.6 Å². The van der Waals surface area contributed by atoms with Gasteiger partial charge in [0.05, 0.1) is 11.7 Å². The van der Waals surface area contributed by atoms with Gasteiger partial charge in [-0.15, -0.1) is 0 Å². The third kappa shape index (κ3) is 4.57. The summed E-state index contributed by atoms with van der Waals surface area (Å²) < 4.78 is 5.58. The quantitative estimate of drug-likeness (QED) is 0.815. The molecule has 0 radical (unpaired) electrons. The molecule has 0 bridgehead atoms. The number of benzene rings is 1. The number of anilines is 1. The van der Waals surface area contributed by atoms with E-state index < -0.39 is 5.60 Å². The standard InChI is InChI=1S/C15H25NO2/c1-11(2)15(5,17)10-16-13-6-8-14(9-7-13)18-12(3)4/h6-9,11-12,16-17H,10H2,1-5H3. The lowest BCUT2D eigenvalue weighted by Gasteiger charge is -2.28. The highest BCUT2D eigenvalue weighted by Gasteiger charge is 2.24. The molecule has 0 saturated carbocycles. The summed E-state index contributed by atoms with van der Waals surface area (Å²) in [4.78, 5) is 0. The number of ether oxygens (including phenoxy) is 1. The highest BCUT2D eigenvalue weighted by atomic mass is 16.5.